The summed E-state index contributed by atoms with van der Waals surface area (Å²) >= 11 is 6.42. The SMILES string of the molecule is CCCOc1c(Cl)cc(C(=O)N2CCN(C)c3nc4ccccc4nc32)cc1OC. The average molecular weight is 427 g/mol. The molecule has 1 aliphatic heterocycles. The number of hydrogen-bond acceptors (Lipinski definition) is 6. The lowest BCUT2D eigenvalue weighted by Crippen LogP contribution is -2.43. The first-order valence-electron chi connectivity index (χ1n) is 9.83. The zero-order valence-electron chi connectivity index (χ0n) is 17.2. The third-order valence-corrected chi connectivity index (χ3v) is 5.26. The van der Waals surface area contributed by atoms with Crippen molar-refractivity contribution in [2.24, 2.45) is 0 Å². The Morgan fingerprint density at radius 3 is 2.50 bits per heavy atom. The summed E-state index contributed by atoms with van der Waals surface area (Å²) in [6.45, 7) is 3.66. The third-order valence-electron chi connectivity index (χ3n) is 4.98. The molecule has 30 heavy (non-hydrogen) atoms. The maximum absolute atomic E-state index is 13.4. The Morgan fingerprint density at radius 2 is 1.83 bits per heavy atom. The van der Waals surface area contributed by atoms with E-state index in [4.69, 9.17) is 31.0 Å². The van der Waals surface area contributed by atoms with Crippen molar-refractivity contribution in [1.82, 2.24) is 9.97 Å². The normalized spacial score (nSPS) is 13.3. The number of carbonyl (C=O) groups is 1. The highest BCUT2D eigenvalue weighted by molar-refractivity contribution is 6.33. The van der Waals surface area contributed by atoms with Gasteiger partial charge in [-0.15, -0.1) is 0 Å². The van der Waals surface area contributed by atoms with E-state index in [1.165, 1.54) is 7.11 Å². The Kier molecular flexibility index (Phi) is 5.63. The number of fused-ring (bicyclic) bond motifs is 2. The second-order valence-corrected chi connectivity index (χ2v) is 7.48. The van der Waals surface area contributed by atoms with Gasteiger partial charge < -0.3 is 14.4 Å². The number of methoxy groups -OCH3 is 1. The lowest BCUT2D eigenvalue weighted by molar-refractivity contribution is 0.0985. The summed E-state index contributed by atoms with van der Waals surface area (Å²) in [6, 6.07) is 10.9. The highest BCUT2D eigenvalue weighted by Crippen LogP contribution is 2.38. The summed E-state index contributed by atoms with van der Waals surface area (Å²) in [6.07, 6.45) is 0.838. The summed E-state index contributed by atoms with van der Waals surface area (Å²) in [4.78, 5) is 26.5. The van der Waals surface area contributed by atoms with Gasteiger partial charge in [0.15, 0.2) is 23.1 Å². The first-order valence-corrected chi connectivity index (χ1v) is 10.2. The molecule has 0 fully saturated rings. The molecule has 0 aliphatic carbocycles. The number of aromatic nitrogens is 2. The molecule has 4 rings (SSSR count). The maximum Gasteiger partial charge on any atom is 0.259 e. The molecule has 0 N–H and O–H groups in total. The zero-order chi connectivity index (χ0) is 21.3. The van der Waals surface area contributed by atoms with Crippen molar-refractivity contribution in [1.29, 1.82) is 0 Å². The zero-order valence-corrected chi connectivity index (χ0v) is 17.9. The van der Waals surface area contributed by atoms with Gasteiger partial charge in [0.2, 0.25) is 0 Å². The predicted molar refractivity (Wildman–Crippen MR) is 118 cm³/mol. The lowest BCUT2D eigenvalue weighted by Gasteiger charge is -2.33. The van der Waals surface area contributed by atoms with Crippen LogP contribution in [0.4, 0.5) is 11.6 Å². The highest BCUT2D eigenvalue weighted by atomic mass is 35.5. The highest BCUT2D eigenvalue weighted by Gasteiger charge is 2.30. The molecule has 1 aromatic heterocycles. The fourth-order valence-electron chi connectivity index (χ4n) is 3.42. The molecule has 8 heteroatoms. The van der Waals surface area contributed by atoms with Gasteiger partial charge in [0.1, 0.15) is 0 Å². The minimum absolute atomic E-state index is 0.212. The van der Waals surface area contributed by atoms with Gasteiger partial charge in [-0.2, -0.15) is 0 Å². The first kappa shape index (κ1) is 20.2. The van der Waals surface area contributed by atoms with E-state index in [9.17, 15) is 4.79 Å². The van der Waals surface area contributed by atoms with Gasteiger partial charge in [-0.25, -0.2) is 9.97 Å². The Hall–Kier alpha value is -3.06. The van der Waals surface area contributed by atoms with Gasteiger partial charge in [-0.1, -0.05) is 30.7 Å². The summed E-state index contributed by atoms with van der Waals surface area (Å²) in [5.74, 6) is 1.87. The average Bonchev–Trinajstić information content (AvgIpc) is 2.76. The number of rotatable bonds is 5. The molecule has 1 aliphatic rings. The van der Waals surface area contributed by atoms with Gasteiger partial charge in [0, 0.05) is 25.7 Å². The van der Waals surface area contributed by atoms with Crippen LogP contribution in [-0.2, 0) is 0 Å². The Labute approximate surface area is 180 Å². The van der Waals surface area contributed by atoms with Crippen LogP contribution in [0.1, 0.15) is 23.7 Å². The van der Waals surface area contributed by atoms with Crippen molar-refractivity contribution in [3.05, 3.63) is 47.0 Å². The molecule has 2 aromatic carbocycles. The predicted octanol–water partition coefficient (Wildman–Crippen LogP) is 4.18. The molecule has 0 radical (unpaired) electrons. The molecule has 2 heterocycles. The number of hydrogen-bond donors (Lipinski definition) is 0. The number of anilines is 2. The van der Waals surface area contributed by atoms with E-state index in [-0.39, 0.29) is 5.91 Å². The number of halogens is 1. The quantitative estimate of drug-likeness (QED) is 0.609. The van der Waals surface area contributed by atoms with Crippen molar-refractivity contribution in [3.63, 3.8) is 0 Å². The Morgan fingerprint density at radius 1 is 1.13 bits per heavy atom. The van der Waals surface area contributed by atoms with Crippen LogP contribution in [0.2, 0.25) is 5.02 Å². The van der Waals surface area contributed by atoms with Crippen molar-refractivity contribution in [3.8, 4) is 11.5 Å². The van der Waals surface area contributed by atoms with Gasteiger partial charge >= 0.3 is 0 Å². The number of ether oxygens (including phenoxy) is 2. The monoisotopic (exact) mass is 426 g/mol. The van der Waals surface area contributed by atoms with E-state index in [2.05, 4.69) is 0 Å². The molecule has 156 valence electrons. The number of nitrogens with zero attached hydrogens (tertiary/aromatic N) is 4. The molecule has 0 spiro atoms. The van der Waals surface area contributed by atoms with E-state index in [1.807, 2.05) is 43.1 Å². The van der Waals surface area contributed by atoms with Crippen molar-refractivity contribution >= 4 is 40.2 Å². The molecule has 7 nitrogen and oxygen atoms in total. The van der Waals surface area contributed by atoms with E-state index < -0.39 is 0 Å². The van der Waals surface area contributed by atoms with E-state index >= 15 is 0 Å². The fourth-order valence-corrected chi connectivity index (χ4v) is 3.69. The number of amides is 1. The van der Waals surface area contributed by atoms with E-state index in [1.54, 1.807) is 17.0 Å². The van der Waals surface area contributed by atoms with Gasteiger partial charge in [-0.05, 0) is 30.7 Å². The third kappa shape index (κ3) is 3.61. The van der Waals surface area contributed by atoms with E-state index in [0.29, 0.717) is 53.4 Å². The van der Waals surface area contributed by atoms with Crippen LogP contribution in [0.5, 0.6) is 11.5 Å². The smallest absolute Gasteiger partial charge is 0.259 e. The molecule has 0 atom stereocenters. The molecular formula is C22H23ClN4O3. The van der Waals surface area contributed by atoms with Crippen LogP contribution >= 0.6 is 11.6 Å². The van der Waals surface area contributed by atoms with Gasteiger partial charge in [0.25, 0.3) is 5.91 Å². The number of para-hydroxylation sites is 2. The van der Waals surface area contributed by atoms with Crippen molar-refractivity contribution < 1.29 is 14.3 Å². The molecule has 3 aromatic rings. The standard InChI is InChI=1S/C22H23ClN4O3/c1-4-11-30-19-15(23)12-14(13-18(19)29-3)22(28)27-10-9-26(2)20-21(27)25-17-8-6-5-7-16(17)24-20/h5-8,12-13H,4,9-11H2,1-3H3. The number of likely N-dealkylation sites (N-methyl/N-ethyl adjacent to an activating group) is 1. The van der Waals surface area contributed by atoms with Crippen LogP contribution in [0, 0.1) is 0 Å². The van der Waals surface area contributed by atoms with Gasteiger partial charge in [0.05, 0.1) is 29.8 Å². The first-order chi connectivity index (χ1) is 14.5. The topological polar surface area (TPSA) is 67.8 Å². The van der Waals surface area contributed by atoms with Crippen LogP contribution in [0.25, 0.3) is 11.0 Å². The molecule has 0 bridgehead atoms. The lowest BCUT2D eigenvalue weighted by atomic mass is 10.1. The maximum atomic E-state index is 13.4. The summed E-state index contributed by atoms with van der Waals surface area (Å²) in [7, 11) is 3.48. The fraction of sp³-hybridized carbons (Fsp3) is 0.318. The van der Waals surface area contributed by atoms with Gasteiger partial charge in [-0.3, -0.25) is 9.69 Å². The summed E-state index contributed by atoms with van der Waals surface area (Å²) in [5, 5.41) is 0.338. The van der Waals surface area contributed by atoms with Crippen LogP contribution in [-0.4, -0.2) is 49.7 Å². The second kappa shape index (κ2) is 8.36. The number of benzene rings is 2. The molecular weight excluding hydrogens is 404 g/mol. The largest absolute Gasteiger partial charge is 0.493 e. The summed E-state index contributed by atoms with van der Waals surface area (Å²) < 4.78 is 11.1. The van der Waals surface area contributed by atoms with Crippen LogP contribution in [0.3, 0.4) is 0 Å². The summed E-state index contributed by atoms with van der Waals surface area (Å²) in [5.41, 5.74) is 1.94. The van der Waals surface area contributed by atoms with Crippen LogP contribution < -0.4 is 19.3 Å². The Balaban J connectivity index is 1.75. The Bertz CT molecular complexity index is 1110. The van der Waals surface area contributed by atoms with E-state index in [0.717, 1.165) is 17.5 Å². The molecule has 0 unspecified atom stereocenters. The van der Waals surface area contributed by atoms with Crippen molar-refractivity contribution in [2.45, 2.75) is 13.3 Å². The van der Waals surface area contributed by atoms with Crippen molar-refractivity contribution in [2.75, 3.05) is 43.7 Å². The number of carbonyl (C=O) groups excluding carboxylic acids is 1. The molecule has 1 amide bonds. The van der Waals surface area contributed by atoms with Crippen LogP contribution in [0.15, 0.2) is 36.4 Å². The second-order valence-electron chi connectivity index (χ2n) is 7.08. The molecule has 0 saturated heterocycles. The molecule has 0 saturated carbocycles. The minimum Gasteiger partial charge on any atom is -0.493 e. The minimum atomic E-state index is -0.212.